The number of hydrogen-bond donors (Lipinski definition) is 1. The maximum absolute atomic E-state index is 4.41. The first-order valence-corrected chi connectivity index (χ1v) is 7.56. The fourth-order valence-electron chi connectivity index (χ4n) is 2.83. The molecule has 1 aliphatic carbocycles. The van der Waals surface area contributed by atoms with E-state index in [0.29, 0.717) is 6.04 Å². The van der Waals surface area contributed by atoms with Gasteiger partial charge in [-0.25, -0.2) is 15.0 Å². The minimum Gasteiger partial charge on any atom is -0.357 e. The Labute approximate surface area is 125 Å². The predicted octanol–water partition coefficient (Wildman–Crippen LogP) is 3.38. The number of anilines is 3. The molecule has 5 nitrogen and oxygen atoms in total. The van der Waals surface area contributed by atoms with Crippen molar-refractivity contribution >= 4 is 17.5 Å². The van der Waals surface area contributed by atoms with E-state index in [4.69, 9.17) is 0 Å². The standard InChI is InChI=1S/C16H21N5/c1-21(13-7-3-2-4-8-13)16-11-15(18-12-19-16)20-14-9-5-6-10-17-14/h5-6,9-13H,2-4,7-8H2,1H3,(H,17,18,19,20). The summed E-state index contributed by atoms with van der Waals surface area (Å²) >= 11 is 0. The molecule has 3 rings (SSSR count). The molecule has 0 aromatic carbocycles. The SMILES string of the molecule is CN(c1cc(Nc2ccccn2)ncn1)C1CCCCC1. The van der Waals surface area contributed by atoms with Crippen LogP contribution in [0.1, 0.15) is 32.1 Å². The summed E-state index contributed by atoms with van der Waals surface area (Å²) in [7, 11) is 2.13. The van der Waals surface area contributed by atoms with Crippen LogP contribution in [0.15, 0.2) is 36.8 Å². The number of nitrogens with one attached hydrogen (secondary N) is 1. The third kappa shape index (κ3) is 3.48. The van der Waals surface area contributed by atoms with Crippen molar-refractivity contribution in [1.29, 1.82) is 0 Å². The van der Waals surface area contributed by atoms with Crippen molar-refractivity contribution in [3.63, 3.8) is 0 Å². The van der Waals surface area contributed by atoms with E-state index in [-0.39, 0.29) is 0 Å². The third-order valence-corrected chi connectivity index (χ3v) is 4.06. The molecule has 0 saturated heterocycles. The predicted molar refractivity (Wildman–Crippen MR) is 84.8 cm³/mol. The van der Waals surface area contributed by atoms with E-state index < -0.39 is 0 Å². The molecule has 1 N–H and O–H groups in total. The number of aromatic nitrogens is 3. The van der Waals surface area contributed by atoms with E-state index in [0.717, 1.165) is 17.5 Å². The van der Waals surface area contributed by atoms with E-state index in [1.54, 1.807) is 12.5 Å². The van der Waals surface area contributed by atoms with Gasteiger partial charge in [-0.15, -0.1) is 0 Å². The van der Waals surface area contributed by atoms with E-state index >= 15 is 0 Å². The number of rotatable bonds is 4. The minimum absolute atomic E-state index is 0.594. The van der Waals surface area contributed by atoms with Gasteiger partial charge in [0.1, 0.15) is 23.8 Å². The smallest absolute Gasteiger partial charge is 0.137 e. The zero-order valence-corrected chi connectivity index (χ0v) is 12.4. The highest BCUT2D eigenvalue weighted by Crippen LogP contribution is 2.26. The van der Waals surface area contributed by atoms with E-state index in [1.807, 2.05) is 24.3 Å². The molecule has 0 spiro atoms. The molecule has 0 radical (unpaired) electrons. The molecule has 0 aliphatic heterocycles. The maximum atomic E-state index is 4.41. The van der Waals surface area contributed by atoms with E-state index in [9.17, 15) is 0 Å². The summed E-state index contributed by atoms with van der Waals surface area (Å²) in [5.41, 5.74) is 0. The van der Waals surface area contributed by atoms with Gasteiger partial charge in [0.15, 0.2) is 0 Å². The van der Waals surface area contributed by atoms with Crippen LogP contribution >= 0.6 is 0 Å². The van der Waals surface area contributed by atoms with Crippen LogP contribution in [0.5, 0.6) is 0 Å². The van der Waals surface area contributed by atoms with Crippen molar-refractivity contribution in [2.45, 2.75) is 38.1 Å². The zero-order chi connectivity index (χ0) is 14.5. The van der Waals surface area contributed by atoms with Gasteiger partial charge in [-0.2, -0.15) is 0 Å². The van der Waals surface area contributed by atoms with E-state index in [1.165, 1.54) is 32.1 Å². The summed E-state index contributed by atoms with van der Waals surface area (Å²) in [5.74, 6) is 2.54. The Hall–Kier alpha value is -2.17. The summed E-state index contributed by atoms with van der Waals surface area (Å²) in [6, 6.07) is 8.35. The molecule has 0 amide bonds. The van der Waals surface area contributed by atoms with Gasteiger partial charge in [-0.05, 0) is 25.0 Å². The molecular weight excluding hydrogens is 262 g/mol. The zero-order valence-electron chi connectivity index (χ0n) is 12.4. The summed E-state index contributed by atoms with van der Waals surface area (Å²) < 4.78 is 0. The van der Waals surface area contributed by atoms with Crippen molar-refractivity contribution in [2.24, 2.45) is 0 Å². The molecule has 1 saturated carbocycles. The van der Waals surface area contributed by atoms with Crippen molar-refractivity contribution in [3.05, 3.63) is 36.8 Å². The maximum Gasteiger partial charge on any atom is 0.137 e. The van der Waals surface area contributed by atoms with Gasteiger partial charge in [0, 0.05) is 25.4 Å². The topological polar surface area (TPSA) is 53.9 Å². The fraction of sp³-hybridized carbons (Fsp3) is 0.438. The Bertz CT molecular complexity index is 566. The van der Waals surface area contributed by atoms with Crippen LogP contribution in [0.3, 0.4) is 0 Å². The van der Waals surface area contributed by atoms with E-state index in [2.05, 4.69) is 32.2 Å². The van der Waals surface area contributed by atoms with Crippen LogP contribution < -0.4 is 10.2 Å². The second kappa shape index (κ2) is 6.52. The largest absolute Gasteiger partial charge is 0.357 e. The monoisotopic (exact) mass is 283 g/mol. The quantitative estimate of drug-likeness (QED) is 0.932. The molecule has 0 unspecified atom stereocenters. The molecule has 5 heteroatoms. The van der Waals surface area contributed by atoms with Crippen LogP contribution in [-0.4, -0.2) is 28.0 Å². The lowest BCUT2D eigenvalue weighted by atomic mass is 9.94. The molecule has 2 aromatic rings. The van der Waals surface area contributed by atoms with Crippen molar-refractivity contribution < 1.29 is 0 Å². The van der Waals surface area contributed by atoms with Crippen LogP contribution in [0, 0.1) is 0 Å². The van der Waals surface area contributed by atoms with Gasteiger partial charge in [-0.1, -0.05) is 25.3 Å². The molecule has 2 aromatic heterocycles. The Morgan fingerprint density at radius 2 is 1.90 bits per heavy atom. The van der Waals surface area contributed by atoms with Crippen molar-refractivity contribution in [1.82, 2.24) is 15.0 Å². The lowest BCUT2D eigenvalue weighted by Gasteiger charge is -2.32. The Kier molecular flexibility index (Phi) is 4.28. The van der Waals surface area contributed by atoms with Crippen LogP contribution in [0.25, 0.3) is 0 Å². The van der Waals surface area contributed by atoms with Crippen LogP contribution in [-0.2, 0) is 0 Å². The number of hydrogen-bond acceptors (Lipinski definition) is 5. The van der Waals surface area contributed by atoms with Gasteiger partial charge in [0.2, 0.25) is 0 Å². The van der Waals surface area contributed by atoms with Crippen LogP contribution in [0.4, 0.5) is 17.5 Å². The molecule has 0 bridgehead atoms. The van der Waals surface area contributed by atoms with Gasteiger partial charge in [0.25, 0.3) is 0 Å². The Morgan fingerprint density at radius 3 is 2.67 bits per heavy atom. The first-order chi connectivity index (χ1) is 10.3. The molecular formula is C16H21N5. The Morgan fingerprint density at radius 1 is 1.05 bits per heavy atom. The molecule has 21 heavy (non-hydrogen) atoms. The number of pyridine rings is 1. The molecule has 1 aliphatic rings. The molecule has 1 fully saturated rings. The number of nitrogens with zero attached hydrogens (tertiary/aromatic N) is 4. The Balaban J connectivity index is 1.73. The fourth-order valence-corrected chi connectivity index (χ4v) is 2.83. The first kappa shape index (κ1) is 13.8. The van der Waals surface area contributed by atoms with Crippen molar-refractivity contribution in [3.8, 4) is 0 Å². The minimum atomic E-state index is 0.594. The summed E-state index contributed by atoms with van der Waals surface area (Å²) in [6.45, 7) is 0. The lowest BCUT2D eigenvalue weighted by molar-refractivity contribution is 0.426. The first-order valence-electron chi connectivity index (χ1n) is 7.56. The lowest BCUT2D eigenvalue weighted by Crippen LogP contribution is -2.33. The summed E-state index contributed by atoms with van der Waals surface area (Å²) in [6.07, 6.45) is 9.88. The highest BCUT2D eigenvalue weighted by molar-refractivity contribution is 5.56. The third-order valence-electron chi connectivity index (χ3n) is 4.06. The van der Waals surface area contributed by atoms with Gasteiger partial charge >= 0.3 is 0 Å². The van der Waals surface area contributed by atoms with Gasteiger partial charge < -0.3 is 10.2 Å². The summed E-state index contributed by atoms with van der Waals surface area (Å²) in [5, 5.41) is 3.21. The highest BCUT2D eigenvalue weighted by Gasteiger charge is 2.19. The van der Waals surface area contributed by atoms with Gasteiger partial charge in [0.05, 0.1) is 0 Å². The second-order valence-electron chi connectivity index (χ2n) is 5.50. The average molecular weight is 283 g/mol. The normalized spacial score (nSPS) is 15.7. The van der Waals surface area contributed by atoms with Crippen LogP contribution in [0.2, 0.25) is 0 Å². The van der Waals surface area contributed by atoms with Crippen molar-refractivity contribution in [2.75, 3.05) is 17.3 Å². The molecule has 110 valence electrons. The summed E-state index contributed by atoms with van der Waals surface area (Å²) in [4.78, 5) is 15.2. The highest BCUT2D eigenvalue weighted by atomic mass is 15.2. The molecule has 0 atom stereocenters. The average Bonchev–Trinajstić information content (AvgIpc) is 2.56. The second-order valence-corrected chi connectivity index (χ2v) is 5.50. The van der Waals surface area contributed by atoms with Gasteiger partial charge in [-0.3, -0.25) is 0 Å². The molecule has 2 heterocycles.